The predicted octanol–water partition coefficient (Wildman–Crippen LogP) is 5.67. The fourth-order valence-electron chi connectivity index (χ4n) is 4.71. The average Bonchev–Trinajstić information content (AvgIpc) is 2.96. The monoisotopic (exact) mass is 606 g/mol. The minimum atomic E-state index is -4.65. The number of nitrogens with one attached hydrogen (secondary N) is 2. The van der Waals surface area contributed by atoms with Crippen molar-refractivity contribution in [2.75, 3.05) is 25.0 Å². The summed E-state index contributed by atoms with van der Waals surface area (Å²) in [5.74, 6) is -1.91. The number of hydrogen-bond acceptors (Lipinski definition) is 8. The topological polar surface area (TPSA) is 122 Å². The van der Waals surface area contributed by atoms with Crippen molar-refractivity contribution in [2.45, 2.75) is 32.0 Å². The molecule has 0 amide bonds. The first-order valence-electron chi connectivity index (χ1n) is 12.8. The largest absolute Gasteiger partial charge is 0.490 e. The van der Waals surface area contributed by atoms with Crippen molar-refractivity contribution in [1.82, 2.24) is 25.3 Å². The molecule has 222 valence electrons. The van der Waals surface area contributed by atoms with Gasteiger partial charge in [-0.05, 0) is 68.2 Å². The van der Waals surface area contributed by atoms with Crippen LogP contribution < -0.4 is 15.4 Å². The van der Waals surface area contributed by atoms with Gasteiger partial charge in [-0.25, -0.2) is 24.3 Å². The van der Waals surface area contributed by atoms with E-state index in [0.29, 0.717) is 65.1 Å². The van der Waals surface area contributed by atoms with Crippen molar-refractivity contribution in [1.29, 1.82) is 0 Å². The second-order valence-electron chi connectivity index (χ2n) is 9.93. The molecule has 1 atom stereocenters. The Bertz CT molecular complexity index is 1550. The van der Waals surface area contributed by atoms with E-state index in [2.05, 4.69) is 30.6 Å². The van der Waals surface area contributed by atoms with E-state index in [0.717, 1.165) is 12.4 Å². The van der Waals surface area contributed by atoms with E-state index in [1.165, 1.54) is 18.5 Å². The quantitative estimate of drug-likeness (QED) is 0.218. The van der Waals surface area contributed by atoms with E-state index < -0.39 is 35.2 Å². The number of rotatable bonds is 8. The molecular weight excluding hydrogens is 580 g/mol. The summed E-state index contributed by atoms with van der Waals surface area (Å²) in [5.41, 5.74) is 1.04. The summed E-state index contributed by atoms with van der Waals surface area (Å²) in [7, 11) is 0. The zero-order chi connectivity index (χ0) is 29.2. The van der Waals surface area contributed by atoms with Crippen LogP contribution in [0.5, 0.6) is 5.75 Å². The molecule has 5 rings (SSSR count). The van der Waals surface area contributed by atoms with E-state index in [1.54, 1.807) is 31.2 Å². The van der Waals surface area contributed by atoms with Crippen LogP contribution >= 0.6 is 12.4 Å². The van der Waals surface area contributed by atoms with Gasteiger partial charge in [-0.2, -0.15) is 13.2 Å². The summed E-state index contributed by atoms with van der Waals surface area (Å²) >= 11 is 0. The van der Waals surface area contributed by atoms with Gasteiger partial charge in [-0.15, -0.1) is 12.4 Å². The van der Waals surface area contributed by atoms with Gasteiger partial charge in [0.1, 0.15) is 41.3 Å². The summed E-state index contributed by atoms with van der Waals surface area (Å²) in [6.07, 6.45) is -0.362. The summed E-state index contributed by atoms with van der Waals surface area (Å²) in [6.45, 7) is 2.73. The third kappa shape index (κ3) is 6.52. The van der Waals surface area contributed by atoms with Crippen molar-refractivity contribution < 1.29 is 32.2 Å². The molecule has 1 saturated heterocycles. The highest BCUT2D eigenvalue weighted by atomic mass is 35.5. The van der Waals surface area contributed by atoms with Crippen molar-refractivity contribution in [3.05, 3.63) is 72.3 Å². The van der Waals surface area contributed by atoms with Gasteiger partial charge in [0.05, 0.1) is 6.04 Å². The summed E-state index contributed by atoms with van der Waals surface area (Å²) in [6, 6.07) is 8.81. The van der Waals surface area contributed by atoms with Crippen LogP contribution in [-0.4, -0.2) is 50.7 Å². The fraction of sp³-hybridized carbons (Fsp3) is 0.321. The molecule has 0 bridgehead atoms. The van der Waals surface area contributed by atoms with Crippen molar-refractivity contribution in [2.24, 2.45) is 5.41 Å². The first kappa shape index (κ1) is 30.8. The number of hydrogen-bond donors (Lipinski definition) is 3. The van der Waals surface area contributed by atoms with E-state index >= 15 is 0 Å². The Morgan fingerprint density at radius 3 is 2.36 bits per heavy atom. The molecule has 3 N–H and O–H groups in total. The Morgan fingerprint density at radius 1 is 1.07 bits per heavy atom. The molecule has 1 unspecified atom stereocenters. The zero-order valence-electron chi connectivity index (χ0n) is 22.3. The van der Waals surface area contributed by atoms with Gasteiger partial charge in [0.15, 0.2) is 0 Å². The number of fused-ring (bicyclic) bond motifs is 1. The van der Waals surface area contributed by atoms with Crippen LogP contribution in [0.2, 0.25) is 0 Å². The molecule has 0 saturated carbocycles. The lowest BCUT2D eigenvalue weighted by molar-refractivity contribution is -0.152. The summed E-state index contributed by atoms with van der Waals surface area (Å²) in [4.78, 5) is 27.8. The Kier molecular flexibility index (Phi) is 9.12. The van der Waals surface area contributed by atoms with Gasteiger partial charge >= 0.3 is 12.1 Å². The molecule has 0 radical (unpaired) electrons. The maximum Gasteiger partial charge on any atom is 0.451 e. The highest BCUT2D eigenvalue weighted by Gasteiger charge is 2.41. The van der Waals surface area contributed by atoms with Crippen molar-refractivity contribution in [3.8, 4) is 16.9 Å². The molecule has 0 spiro atoms. The minimum Gasteiger partial charge on any atom is -0.490 e. The number of carbonyl (C=O) groups is 1. The highest BCUT2D eigenvalue weighted by Crippen LogP contribution is 2.37. The number of aliphatic carboxylic acids is 1. The number of anilines is 1. The molecule has 1 aliphatic rings. The SMILES string of the molecule is CC(Nc1ncnc2c(OCC3(C(=O)O)CCNCC3)cc(-c3ccc(F)cc3)cc12)c1cnc(C(F)(F)F)nc1.Cl. The van der Waals surface area contributed by atoms with Crippen LogP contribution in [0, 0.1) is 11.2 Å². The Hall–Kier alpha value is -4.10. The predicted molar refractivity (Wildman–Crippen MR) is 149 cm³/mol. The maximum atomic E-state index is 13.7. The molecule has 0 aliphatic carbocycles. The molecule has 2 aromatic carbocycles. The molecular formula is C28H27ClF4N6O3. The number of carboxylic acid groups (broad SMARTS) is 1. The fourth-order valence-corrected chi connectivity index (χ4v) is 4.71. The molecule has 1 aliphatic heterocycles. The highest BCUT2D eigenvalue weighted by molar-refractivity contribution is 5.96. The van der Waals surface area contributed by atoms with Gasteiger partial charge in [-0.1, -0.05) is 12.1 Å². The zero-order valence-corrected chi connectivity index (χ0v) is 23.1. The Balaban J connectivity index is 0.00000405. The van der Waals surface area contributed by atoms with E-state index in [-0.39, 0.29) is 19.0 Å². The standard InChI is InChI=1S/C28H26F4N6O3.ClH/c1-16(19-12-34-25(35-13-19)28(30,31)32)38-24-21-10-18(17-2-4-20(29)5-3-17)11-22(23(21)36-15-37-24)41-14-27(26(39)40)6-8-33-9-7-27;/h2-5,10-13,15-16,33H,6-9,14H2,1H3,(H,39,40)(H,36,37,38);1H. The number of benzene rings is 2. The van der Waals surface area contributed by atoms with Gasteiger partial charge in [-0.3, -0.25) is 4.79 Å². The molecule has 2 aromatic heterocycles. The number of aromatic nitrogens is 4. The summed E-state index contributed by atoms with van der Waals surface area (Å²) in [5, 5.41) is 16.9. The van der Waals surface area contributed by atoms with Crippen LogP contribution in [0.3, 0.4) is 0 Å². The van der Waals surface area contributed by atoms with E-state index in [1.807, 2.05) is 0 Å². The third-order valence-corrected chi connectivity index (χ3v) is 7.18. The van der Waals surface area contributed by atoms with Gasteiger partial charge in [0, 0.05) is 23.3 Å². The maximum absolute atomic E-state index is 13.7. The average molecular weight is 607 g/mol. The molecule has 14 heteroatoms. The molecule has 9 nitrogen and oxygen atoms in total. The van der Waals surface area contributed by atoms with Crippen LogP contribution in [0.15, 0.2) is 55.1 Å². The second-order valence-corrected chi connectivity index (χ2v) is 9.93. The number of alkyl halides is 3. The lowest BCUT2D eigenvalue weighted by Crippen LogP contribution is -2.46. The minimum absolute atomic E-state index is 0. The molecule has 1 fully saturated rings. The molecule has 4 aromatic rings. The number of halogens is 5. The number of piperidine rings is 1. The molecule has 42 heavy (non-hydrogen) atoms. The smallest absolute Gasteiger partial charge is 0.451 e. The second kappa shape index (κ2) is 12.4. The van der Waals surface area contributed by atoms with Crippen LogP contribution in [0.4, 0.5) is 23.4 Å². The normalized spacial score (nSPS) is 15.5. The van der Waals surface area contributed by atoms with E-state index in [4.69, 9.17) is 4.74 Å². The van der Waals surface area contributed by atoms with Crippen molar-refractivity contribution >= 4 is 35.1 Å². The third-order valence-electron chi connectivity index (χ3n) is 7.18. The lowest BCUT2D eigenvalue weighted by atomic mass is 9.80. The van der Waals surface area contributed by atoms with Crippen molar-refractivity contribution in [3.63, 3.8) is 0 Å². The lowest BCUT2D eigenvalue weighted by Gasteiger charge is -2.33. The van der Waals surface area contributed by atoms with Gasteiger partial charge < -0.3 is 20.5 Å². The number of nitrogens with zero attached hydrogens (tertiary/aromatic N) is 4. The number of carboxylic acids is 1. The number of ether oxygens (including phenoxy) is 1. The first-order valence-corrected chi connectivity index (χ1v) is 12.8. The van der Waals surface area contributed by atoms with Crippen LogP contribution in [0.1, 0.15) is 37.2 Å². The van der Waals surface area contributed by atoms with Crippen LogP contribution in [-0.2, 0) is 11.0 Å². The van der Waals surface area contributed by atoms with Gasteiger partial charge in [0.2, 0.25) is 5.82 Å². The molecule has 3 heterocycles. The van der Waals surface area contributed by atoms with Crippen LogP contribution in [0.25, 0.3) is 22.0 Å². The summed E-state index contributed by atoms with van der Waals surface area (Å²) < 4.78 is 58.5. The van der Waals surface area contributed by atoms with E-state index in [9.17, 15) is 27.5 Å². The Labute approximate surface area is 244 Å². The first-order chi connectivity index (χ1) is 19.6. The Morgan fingerprint density at radius 2 is 1.74 bits per heavy atom. The van der Waals surface area contributed by atoms with Gasteiger partial charge in [0.25, 0.3) is 0 Å².